The van der Waals surface area contributed by atoms with E-state index in [0.717, 1.165) is 17.5 Å². The lowest BCUT2D eigenvalue weighted by molar-refractivity contribution is 0.0809. The molecule has 0 bridgehead atoms. The molecule has 0 heterocycles. The number of rotatable bonds is 0. The zero-order valence-corrected chi connectivity index (χ0v) is 10.8. The Morgan fingerprint density at radius 3 is 2.82 bits per heavy atom. The second-order valence-electron chi connectivity index (χ2n) is 4.85. The summed E-state index contributed by atoms with van der Waals surface area (Å²) >= 11 is 3.51. The normalized spacial score (nSPS) is 31.5. The summed E-state index contributed by atoms with van der Waals surface area (Å²) in [5.41, 5.74) is 1.45. The van der Waals surface area contributed by atoms with Crippen LogP contribution in [-0.4, -0.2) is 10.6 Å². The minimum absolute atomic E-state index is 0.0973. The van der Waals surface area contributed by atoms with Crippen LogP contribution in [0.1, 0.15) is 28.8 Å². The number of carbonyl (C=O) groups excluding carboxylic acids is 1. The summed E-state index contributed by atoms with van der Waals surface area (Å²) in [5.74, 6) is 0.0555. The number of hydrogen-bond donors (Lipinski definition) is 0. The molecule has 2 aliphatic carbocycles. The number of fused-ring (bicyclic) bond motifs is 1. The van der Waals surface area contributed by atoms with Crippen LogP contribution in [0.5, 0.6) is 0 Å². The molecule has 17 heavy (non-hydrogen) atoms. The Labute approximate surface area is 108 Å². The maximum absolute atomic E-state index is 13.2. The van der Waals surface area contributed by atoms with E-state index in [2.05, 4.69) is 15.9 Å². The smallest absolute Gasteiger partial charge is 0.171 e. The van der Waals surface area contributed by atoms with Gasteiger partial charge in [0.2, 0.25) is 0 Å². The van der Waals surface area contributed by atoms with Crippen molar-refractivity contribution in [2.75, 3.05) is 0 Å². The highest BCUT2D eigenvalue weighted by molar-refractivity contribution is 9.09. The van der Waals surface area contributed by atoms with Gasteiger partial charge in [-0.05, 0) is 18.4 Å². The van der Waals surface area contributed by atoms with Crippen molar-refractivity contribution in [1.29, 1.82) is 0 Å². The van der Waals surface area contributed by atoms with Gasteiger partial charge in [-0.15, -0.1) is 0 Å². The van der Waals surface area contributed by atoms with Gasteiger partial charge in [0, 0.05) is 16.8 Å². The monoisotopic (exact) mass is 294 g/mol. The molecule has 3 rings (SSSR count). The number of hydrogen-bond acceptors (Lipinski definition) is 1. The molecule has 2 aliphatic rings. The molecule has 0 fully saturated rings. The molecular formula is C14H12BrFO. The van der Waals surface area contributed by atoms with E-state index >= 15 is 0 Å². The van der Waals surface area contributed by atoms with E-state index in [-0.39, 0.29) is 16.4 Å². The maximum atomic E-state index is 13.2. The van der Waals surface area contributed by atoms with E-state index in [1.54, 1.807) is 6.08 Å². The molecule has 2 unspecified atom stereocenters. The van der Waals surface area contributed by atoms with Crippen LogP contribution >= 0.6 is 15.9 Å². The first-order valence-electron chi connectivity index (χ1n) is 5.75. The van der Waals surface area contributed by atoms with Crippen molar-refractivity contribution in [3.05, 3.63) is 47.3 Å². The predicted octanol–water partition coefficient (Wildman–Crippen LogP) is 3.82. The zero-order chi connectivity index (χ0) is 12.0. The number of ketones is 1. The van der Waals surface area contributed by atoms with Crippen molar-refractivity contribution in [3.63, 3.8) is 0 Å². The van der Waals surface area contributed by atoms with E-state index in [1.807, 2.05) is 24.3 Å². The van der Waals surface area contributed by atoms with Gasteiger partial charge in [0.25, 0.3) is 0 Å². The third-order valence-corrected chi connectivity index (χ3v) is 5.08. The Balaban J connectivity index is 2.06. The molecule has 2 atom stereocenters. The fourth-order valence-electron chi connectivity index (χ4n) is 2.87. The average Bonchev–Trinajstić information content (AvgIpc) is 2.60. The lowest BCUT2D eigenvalue weighted by Gasteiger charge is -2.34. The van der Waals surface area contributed by atoms with Gasteiger partial charge >= 0.3 is 0 Å². The summed E-state index contributed by atoms with van der Waals surface area (Å²) < 4.78 is 13.2. The van der Waals surface area contributed by atoms with Crippen molar-refractivity contribution in [3.8, 4) is 0 Å². The summed E-state index contributed by atoms with van der Waals surface area (Å²) in [6.45, 7) is 0. The quantitative estimate of drug-likeness (QED) is 0.665. The zero-order valence-electron chi connectivity index (χ0n) is 9.25. The Morgan fingerprint density at radius 2 is 2.12 bits per heavy atom. The maximum Gasteiger partial charge on any atom is 0.171 e. The highest BCUT2D eigenvalue weighted by Crippen LogP contribution is 2.49. The molecule has 0 N–H and O–H groups in total. The first-order valence-corrected chi connectivity index (χ1v) is 6.66. The molecule has 0 saturated carbocycles. The van der Waals surface area contributed by atoms with Gasteiger partial charge in [0.1, 0.15) is 0 Å². The molecule has 1 nitrogen and oxygen atoms in total. The number of halogens is 2. The van der Waals surface area contributed by atoms with Gasteiger partial charge in [-0.2, -0.15) is 0 Å². The van der Waals surface area contributed by atoms with Crippen molar-refractivity contribution in [1.82, 2.24) is 0 Å². The molecule has 1 aromatic carbocycles. The predicted molar refractivity (Wildman–Crippen MR) is 68.0 cm³/mol. The first-order chi connectivity index (χ1) is 8.13. The van der Waals surface area contributed by atoms with Crippen LogP contribution in [-0.2, 0) is 6.42 Å². The van der Waals surface area contributed by atoms with Gasteiger partial charge in [-0.25, -0.2) is 4.39 Å². The van der Waals surface area contributed by atoms with Crippen molar-refractivity contribution >= 4 is 21.7 Å². The van der Waals surface area contributed by atoms with E-state index in [1.165, 1.54) is 0 Å². The molecule has 1 aromatic rings. The van der Waals surface area contributed by atoms with Crippen LogP contribution in [0.2, 0.25) is 0 Å². The molecule has 88 valence electrons. The largest absolute Gasteiger partial charge is 0.293 e. The highest BCUT2D eigenvalue weighted by atomic mass is 79.9. The van der Waals surface area contributed by atoms with Crippen LogP contribution in [0.4, 0.5) is 4.39 Å². The second kappa shape index (κ2) is 3.77. The molecule has 3 heteroatoms. The van der Waals surface area contributed by atoms with E-state index in [4.69, 9.17) is 0 Å². The fourth-order valence-corrected chi connectivity index (χ4v) is 3.74. The van der Waals surface area contributed by atoms with E-state index < -0.39 is 5.41 Å². The van der Waals surface area contributed by atoms with Crippen LogP contribution in [0.25, 0.3) is 0 Å². The standard InChI is InChI=1S/C14H12BrFO/c15-12-7-10(16)5-6-14(12)8-9-3-1-2-4-11(9)13(14)17/h1-5,12H,6-8H2. The highest BCUT2D eigenvalue weighted by Gasteiger charge is 2.50. The Kier molecular flexibility index (Phi) is 2.47. The molecule has 0 aromatic heterocycles. The summed E-state index contributed by atoms with van der Waals surface area (Å²) in [5, 5.41) is 0. The number of allylic oxidation sites excluding steroid dienone is 2. The summed E-state index contributed by atoms with van der Waals surface area (Å²) in [6.07, 6.45) is 3.12. The van der Waals surface area contributed by atoms with Gasteiger partial charge in [-0.1, -0.05) is 46.3 Å². The third-order valence-electron chi connectivity index (χ3n) is 3.88. The van der Waals surface area contributed by atoms with Gasteiger partial charge in [0.15, 0.2) is 5.78 Å². The van der Waals surface area contributed by atoms with Crippen LogP contribution < -0.4 is 0 Å². The molecule has 0 saturated heterocycles. The third kappa shape index (κ3) is 1.52. The Morgan fingerprint density at radius 1 is 1.35 bits per heavy atom. The average molecular weight is 295 g/mol. The number of Topliss-reactive ketones (excluding diaryl/α,β-unsaturated/α-hetero) is 1. The van der Waals surface area contributed by atoms with Gasteiger partial charge in [-0.3, -0.25) is 4.79 Å². The van der Waals surface area contributed by atoms with Crippen molar-refractivity contribution in [2.24, 2.45) is 5.41 Å². The van der Waals surface area contributed by atoms with E-state index in [9.17, 15) is 9.18 Å². The molecule has 0 amide bonds. The molecule has 1 spiro atoms. The first kappa shape index (κ1) is 11.1. The van der Waals surface area contributed by atoms with Crippen LogP contribution in [0.3, 0.4) is 0 Å². The Hall–Kier alpha value is -0.960. The fraction of sp³-hybridized carbons (Fsp3) is 0.357. The number of benzene rings is 1. The second-order valence-corrected chi connectivity index (χ2v) is 5.95. The Bertz CT molecular complexity index is 523. The number of alkyl halides is 1. The SMILES string of the molecule is O=C1c2ccccc2CC12CC=C(F)CC2Br. The minimum atomic E-state index is -0.459. The van der Waals surface area contributed by atoms with E-state index in [0.29, 0.717) is 12.8 Å². The molecule has 0 radical (unpaired) electrons. The van der Waals surface area contributed by atoms with Crippen LogP contribution in [0.15, 0.2) is 36.2 Å². The number of carbonyl (C=O) groups is 1. The summed E-state index contributed by atoms with van der Waals surface area (Å²) in [6, 6.07) is 7.71. The lowest BCUT2D eigenvalue weighted by Crippen LogP contribution is -2.39. The van der Waals surface area contributed by atoms with Crippen molar-refractivity contribution < 1.29 is 9.18 Å². The van der Waals surface area contributed by atoms with Crippen LogP contribution in [0, 0.1) is 5.41 Å². The van der Waals surface area contributed by atoms with Gasteiger partial charge in [0.05, 0.1) is 11.2 Å². The van der Waals surface area contributed by atoms with Crippen molar-refractivity contribution in [2.45, 2.75) is 24.1 Å². The molecule has 0 aliphatic heterocycles. The molecular weight excluding hydrogens is 283 g/mol. The van der Waals surface area contributed by atoms with Gasteiger partial charge < -0.3 is 0 Å². The minimum Gasteiger partial charge on any atom is -0.293 e. The summed E-state index contributed by atoms with van der Waals surface area (Å²) in [7, 11) is 0. The summed E-state index contributed by atoms with van der Waals surface area (Å²) in [4.78, 5) is 12.4. The topological polar surface area (TPSA) is 17.1 Å². The lowest BCUT2D eigenvalue weighted by atomic mass is 9.73.